The fraction of sp³-hybridized carbons (Fsp3) is 0.538. The summed E-state index contributed by atoms with van der Waals surface area (Å²) >= 11 is 0. The lowest BCUT2D eigenvalue weighted by atomic mass is 9.96. The predicted molar refractivity (Wildman–Crippen MR) is 68.4 cm³/mol. The molecule has 0 aromatic carbocycles. The van der Waals surface area contributed by atoms with Crippen molar-refractivity contribution in [3.05, 3.63) is 23.5 Å². The third kappa shape index (κ3) is 3.12. The van der Waals surface area contributed by atoms with Crippen LogP contribution in [0.25, 0.3) is 0 Å². The van der Waals surface area contributed by atoms with Crippen LogP contribution in [0.4, 0.5) is 0 Å². The zero-order valence-corrected chi connectivity index (χ0v) is 11.2. The molecule has 100 valence electrons. The van der Waals surface area contributed by atoms with Gasteiger partial charge in [-0.25, -0.2) is 0 Å². The highest BCUT2D eigenvalue weighted by atomic mass is 16.4. The van der Waals surface area contributed by atoms with Gasteiger partial charge in [0.2, 0.25) is 0 Å². The summed E-state index contributed by atoms with van der Waals surface area (Å²) in [5, 5.41) is 11.7. The van der Waals surface area contributed by atoms with Crippen molar-refractivity contribution < 1.29 is 14.7 Å². The molecular weight excluding hydrogens is 232 g/mol. The molecule has 1 unspecified atom stereocenters. The summed E-state index contributed by atoms with van der Waals surface area (Å²) in [5.74, 6) is -1.70. The summed E-state index contributed by atoms with van der Waals surface area (Å²) < 4.78 is 1.78. The Hall–Kier alpha value is -1.78. The molecule has 1 rings (SSSR count). The van der Waals surface area contributed by atoms with Crippen LogP contribution >= 0.6 is 0 Å². The lowest BCUT2D eigenvalue weighted by Gasteiger charge is -2.16. The topological polar surface area (TPSA) is 71.3 Å². The van der Waals surface area contributed by atoms with Crippen LogP contribution in [0.3, 0.4) is 0 Å². The Morgan fingerprint density at radius 2 is 2.00 bits per heavy atom. The average Bonchev–Trinajstić information content (AvgIpc) is 2.58. The molecule has 0 fully saturated rings. The van der Waals surface area contributed by atoms with Crippen molar-refractivity contribution in [2.45, 2.75) is 20.8 Å². The fourth-order valence-electron chi connectivity index (χ4n) is 1.74. The van der Waals surface area contributed by atoms with Gasteiger partial charge >= 0.3 is 5.97 Å². The van der Waals surface area contributed by atoms with Crippen molar-refractivity contribution >= 4 is 11.9 Å². The number of carboxylic acids is 1. The quantitative estimate of drug-likeness (QED) is 0.832. The molecule has 5 nitrogen and oxygen atoms in total. The van der Waals surface area contributed by atoms with Crippen LogP contribution in [0.2, 0.25) is 0 Å². The molecule has 1 amide bonds. The average molecular weight is 252 g/mol. The molecule has 5 heteroatoms. The van der Waals surface area contributed by atoms with Crippen molar-refractivity contribution in [3.8, 4) is 0 Å². The van der Waals surface area contributed by atoms with E-state index in [9.17, 15) is 9.59 Å². The SMILES string of the molecule is Cc1ccc(C(=O)NCC(C(=O)O)C(C)C)n1C. The summed E-state index contributed by atoms with van der Waals surface area (Å²) in [4.78, 5) is 22.9. The molecular formula is C13H20N2O3. The van der Waals surface area contributed by atoms with Gasteiger partial charge < -0.3 is 15.0 Å². The number of aryl methyl sites for hydroxylation is 1. The Kier molecular flexibility index (Phi) is 4.53. The molecule has 0 aliphatic heterocycles. The number of nitrogens with one attached hydrogen (secondary N) is 1. The van der Waals surface area contributed by atoms with Crippen molar-refractivity contribution in [2.24, 2.45) is 18.9 Å². The summed E-state index contributed by atoms with van der Waals surface area (Å²) in [5.41, 5.74) is 1.53. The molecule has 0 spiro atoms. The second kappa shape index (κ2) is 5.71. The Balaban J connectivity index is 2.66. The standard InChI is InChI=1S/C13H20N2O3/c1-8(2)10(13(17)18)7-14-12(16)11-6-5-9(3)15(11)4/h5-6,8,10H,7H2,1-4H3,(H,14,16)(H,17,18). The van der Waals surface area contributed by atoms with Crippen LogP contribution in [0.15, 0.2) is 12.1 Å². The molecule has 0 bridgehead atoms. The summed E-state index contributed by atoms with van der Waals surface area (Å²) in [6.45, 7) is 5.72. The first-order valence-corrected chi connectivity index (χ1v) is 5.98. The number of amides is 1. The van der Waals surface area contributed by atoms with Crippen molar-refractivity contribution in [3.63, 3.8) is 0 Å². The molecule has 18 heavy (non-hydrogen) atoms. The zero-order chi connectivity index (χ0) is 13.9. The van der Waals surface area contributed by atoms with E-state index in [0.717, 1.165) is 5.69 Å². The number of aromatic nitrogens is 1. The second-order valence-corrected chi connectivity index (χ2v) is 4.82. The van der Waals surface area contributed by atoms with E-state index in [1.54, 1.807) is 17.7 Å². The third-order valence-corrected chi connectivity index (χ3v) is 3.21. The Labute approximate surface area is 107 Å². The lowest BCUT2D eigenvalue weighted by molar-refractivity contribution is -0.142. The van der Waals surface area contributed by atoms with Gasteiger partial charge in [-0.15, -0.1) is 0 Å². The summed E-state index contributed by atoms with van der Waals surface area (Å²) in [6.07, 6.45) is 0. The molecule has 0 saturated carbocycles. The summed E-state index contributed by atoms with van der Waals surface area (Å²) in [7, 11) is 1.81. The number of nitrogens with zero attached hydrogens (tertiary/aromatic N) is 1. The molecule has 2 N–H and O–H groups in total. The molecule has 1 heterocycles. The zero-order valence-electron chi connectivity index (χ0n) is 11.2. The first-order valence-electron chi connectivity index (χ1n) is 5.98. The highest BCUT2D eigenvalue weighted by Gasteiger charge is 2.22. The molecule has 0 saturated heterocycles. The minimum atomic E-state index is -0.881. The largest absolute Gasteiger partial charge is 0.481 e. The van der Waals surface area contributed by atoms with Crippen molar-refractivity contribution in [1.29, 1.82) is 0 Å². The summed E-state index contributed by atoms with van der Waals surface area (Å²) in [6, 6.07) is 3.59. The van der Waals surface area contributed by atoms with Crippen LogP contribution < -0.4 is 5.32 Å². The number of carboxylic acid groups (broad SMARTS) is 1. The van der Waals surface area contributed by atoms with E-state index >= 15 is 0 Å². The van der Waals surface area contributed by atoms with Gasteiger partial charge in [0, 0.05) is 19.3 Å². The van der Waals surface area contributed by atoms with Gasteiger partial charge in [0.25, 0.3) is 5.91 Å². The van der Waals surface area contributed by atoms with Crippen LogP contribution in [0.5, 0.6) is 0 Å². The molecule has 0 radical (unpaired) electrons. The van der Waals surface area contributed by atoms with Gasteiger partial charge in [-0.05, 0) is 25.0 Å². The van der Waals surface area contributed by atoms with Gasteiger partial charge in [0.1, 0.15) is 5.69 Å². The predicted octanol–water partition coefficient (Wildman–Crippen LogP) is 1.42. The van der Waals surface area contributed by atoms with Gasteiger partial charge in [-0.1, -0.05) is 13.8 Å². The van der Waals surface area contributed by atoms with Crippen molar-refractivity contribution in [1.82, 2.24) is 9.88 Å². The number of carbonyl (C=O) groups is 2. The minimum absolute atomic E-state index is 0.0158. The number of hydrogen-bond donors (Lipinski definition) is 2. The van der Waals surface area contributed by atoms with E-state index in [1.807, 2.05) is 26.8 Å². The smallest absolute Gasteiger partial charge is 0.308 e. The maximum Gasteiger partial charge on any atom is 0.308 e. The van der Waals surface area contributed by atoms with E-state index < -0.39 is 11.9 Å². The maximum absolute atomic E-state index is 11.9. The van der Waals surface area contributed by atoms with E-state index in [4.69, 9.17) is 5.11 Å². The second-order valence-electron chi connectivity index (χ2n) is 4.82. The molecule has 0 aliphatic rings. The number of rotatable bonds is 5. The van der Waals surface area contributed by atoms with E-state index in [0.29, 0.717) is 5.69 Å². The molecule has 1 aromatic rings. The van der Waals surface area contributed by atoms with Gasteiger partial charge in [0.15, 0.2) is 0 Å². The number of carbonyl (C=O) groups excluding carboxylic acids is 1. The van der Waals surface area contributed by atoms with E-state index in [1.165, 1.54) is 0 Å². The van der Waals surface area contributed by atoms with Gasteiger partial charge in [0.05, 0.1) is 5.92 Å². The third-order valence-electron chi connectivity index (χ3n) is 3.21. The van der Waals surface area contributed by atoms with Crippen LogP contribution in [-0.2, 0) is 11.8 Å². The normalized spacial score (nSPS) is 12.5. The minimum Gasteiger partial charge on any atom is -0.481 e. The van der Waals surface area contributed by atoms with Gasteiger partial charge in [-0.2, -0.15) is 0 Å². The Bertz CT molecular complexity index is 449. The van der Waals surface area contributed by atoms with E-state index in [-0.39, 0.29) is 18.4 Å². The van der Waals surface area contributed by atoms with Crippen LogP contribution in [0, 0.1) is 18.8 Å². The fourth-order valence-corrected chi connectivity index (χ4v) is 1.74. The van der Waals surface area contributed by atoms with Crippen LogP contribution in [-0.4, -0.2) is 28.1 Å². The number of aliphatic carboxylic acids is 1. The first kappa shape index (κ1) is 14.3. The molecule has 0 aliphatic carbocycles. The highest BCUT2D eigenvalue weighted by Crippen LogP contribution is 2.11. The lowest BCUT2D eigenvalue weighted by Crippen LogP contribution is -2.36. The molecule has 1 aromatic heterocycles. The van der Waals surface area contributed by atoms with Gasteiger partial charge in [-0.3, -0.25) is 9.59 Å². The van der Waals surface area contributed by atoms with E-state index in [2.05, 4.69) is 5.32 Å². The Morgan fingerprint density at radius 1 is 1.39 bits per heavy atom. The van der Waals surface area contributed by atoms with Crippen molar-refractivity contribution in [2.75, 3.05) is 6.54 Å². The maximum atomic E-state index is 11.9. The number of hydrogen-bond acceptors (Lipinski definition) is 2. The van der Waals surface area contributed by atoms with Crippen LogP contribution in [0.1, 0.15) is 30.0 Å². The first-order chi connectivity index (χ1) is 8.34. The highest BCUT2D eigenvalue weighted by molar-refractivity contribution is 5.93. The molecule has 1 atom stereocenters. The Morgan fingerprint density at radius 3 is 2.39 bits per heavy atom. The monoisotopic (exact) mass is 252 g/mol.